The summed E-state index contributed by atoms with van der Waals surface area (Å²) in [6.07, 6.45) is 2.67. The highest BCUT2D eigenvalue weighted by atomic mass is 16.3. The van der Waals surface area contributed by atoms with Crippen LogP contribution in [0, 0.1) is 6.92 Å². The molecule has 0 bridgehead atoms. The summed E-state index contributed by atoms with van der Waals surface area (Å²) in [5.41, 5.74) is 1.34. The fourth-order valence-electron chi connectivity index (χ4n) is 1.54. The molecule has 5 nitrogen and oxygen atoms in total. The molecule has 0 aromatic carbocycles. The minimum absolute atomic E-state index is 0.111. The fourth-order valence-corrected chi connectivity index (χ4v) is 1.54. The summed E-state index contributed by atoms with van der Waals surface area (Å²) >= 11 is 0. The van der Waals surface area contributed by atoms with Crippen LogP contribution < -0.4 is 5.32 Å². The van der Waals surface area contributed by atoms with E-state index in [1.165, 1.54) is 0 Å². The maximum Gasteiger partial charge on any atom is 0.269 e. The molecule has 1 saturated carbocycles. The molecule has 0 unspecified atom stereocenters. The molecule has 1 aliphatic carbocycles. The molecule has 0 spiro atoms. The lowest BCUT2D eigenvalue weighted by Gasteiger charge is -2.31. The Kier molecular flexibility index (Phi) is 2.25. The van der Waals surface area contributed by atoms with E-state index >= 15 is 0 Å². The normalized spacial score (nSPS) is 25.6. The molecule has 76 valence electrons. The summed E-state index contributed by atoms with van der Waals surface area (Å²) < 4.78 is 0. The molecule has 1 aliphatic rings. The van der Waals surface area contributed by atoms with Crippen molar-refractivity contribution in [2.24, 2.45) is 0 Å². The van der Waals surface area contributed by atoms with E-state index in [0.717, 1.165) is 5.56 Å². The number of nitrogens with zero attached hydrogens (tertiary/aromatic N) is 1. The first-order valence-electron chi connectivity index (χ1n) is 4.65. The molecule has 3 N–H and O–H groups in total. The SMILES string of the molecule is Cc1cn[nH]c1C(=O)NC1CC(O)C1. The number of amides is 1. The fraction of sp³-hybridized carbons (Fsp3) is 0.556. The Bertz CT molecular complexity index is 342. The molecule has 2 rings (SSSR count). The summed E-state index contributed by atoms with van der Waals surface area (Å²) in [6, 6.07) is 0.111. The van der Waals surface area contributed by atoms with Crippen LogP contribution >= 0.6 is 0 Å². The van der Waals surface area contributed by atoms with Gasteiger partial charge in [0.2, 0.25) is 0 Å². The Labute approximate surface area is 81.5 Å². The highest BCUT2D eigenvalue weighted by Gasteiger charge is 2.29. The van der Waals surface area contributed by atoms with Gasteiger partial charge in [0.05, 0.1) is 12.3 Å². The average molecular weight is 195 g/mol. The van der Waals surface area contributed by atoms with Crippen molar-refractivity contribution in [1.82, 2.24) is 15.5 Å². The van der Waals surface area contributed by atoms with E-state index in [4.69, 9.17) is 5.11 Å². The summed E-state index contributed by atoms with van der Waals surface area (Å²) in [7, 11) is 0. The van der Waals surface area contributed by atoms with E-state index in [0.29, 0.717) is 18.5 Å². The summed E-state index contributed by atoms with van der Waals surface area (Å²) in [5.74, 6) is -0.142. The van der Waals surface area contributed by atoms with Crippen molar-refractivity contribution in [3.05, 3.63) is 17.5 Å². The highest BCUT2D eigenvalue weighted by molar-refractivity contribution is 5.93. The van der Waals surface area contributed by atoms with Crippen molar-refractivity contribution in [2.45, 2.75) is 31.9 Å². The van der Waals surface area contributed by atoms with Gasteiger partial charge in [-0.3, -0.25) is 9.89 Å². The van der Waals surface area contributed by atoms with Crippen LogP contribution in [0.2, 0.25) is 0 Å². The maximum absolute atomic E-state index is 11.6. The smallest absolute Gasteiger partial charge is 0.269 e. The number of aromatic amines is 1. The number of aliphatic hydroxyl groups excluding tert-OH is 1. The Morgan fingerprint density at radius 1 is 1.71 bits per heavy atom. The number of H-pyrrole nitrogens is 1. The molecule has 1 fully saturated rings. The number of rotatable bonds is 2. The van der Waals surface area contributed by atoms with Crippen molar-refractivity contribution < 1.29 is 9.90 Å². The van der Waals surface area contributed by atoms with Gasteiger partial charge in [0.1, 0.15) is 5.69 Å². The first kappa shape index (κ1) is 9.21. The van der Waals surface area contributed by atoms with Crippen LogP contribution in [0.4, 0.5) is 0 Å². The first-order valence-corrected chi connectivity index (χ1v) is 4.65. The molecule has 1 heterocycles. The van der Waals surface area contributed by atoms with Gasteiger partial charge >= 0.3 is 0 Å². The zero-order chi connectivity index (χ0) is 10.1. The summed E-state index contributed by atoms with van der Waals surface area (Å²) in [5, 5.41) is 18.3. The number of nitrogens with one attached hydrogen (secondary N) is 2. The van der Waals surface area contributed by atoms with Crippen LogP contribution in [-0.4, -0.2) is 33.4 Å². The van der Waals surface area contributed by atoms with Crippen LogP contribution in [0.1, 0.15) is 28.9 Å². The lowest BCUT2D eigenvalue weighted by Crippen LogP contribution is -2.46. The van der Waals surface area contributed by atoms with Gasteiger partial charge in [-0.2, -0.15) is 5.10 Å². The molecular weight excluding hydrogens is 182 g/mol. The molecular formula is C9H13N3O2. The van der Waals surface area contributed by atoms with E-state index < -0.39 is 0 Å². The van der Waals surface area contributed by atoms with Gasteiger partial charge in [-0.15, -0.1) is 0 Å². The Balaban J connectivity index is 1.93. The zero-order valence-corrected chi connectivity index (χ0v) is 7.95. The Morgan fingerprint density at radius 2 is 2.43 bits per heavy atom. The molecule has 0 radical (unpaired) electrons. The van der Waals surface area contributed by atoms with Gasteiger partial charge in [0, 0.05) is 6.04 Å². The predicted molar refractivity (Wildman–Crippen MR) is 49.8 cm³/mol. The van der Waals surface area contributed by atoms with E-state index in [-0.39, 0.29) is 18.1 Å². The van der Waals surface area contributed by atoms with Crippen LogP contribution in [0.15, 0.2) is 6.20 Å². The second-order valence-corrected chi connectivity index (χ2v) is 3.72. The monoisotopic (exact) mass is 195 g/mol. The van der Waals surface area contributed by atoms with E-state index in [2.05, 4.69) is 15.5 Å². The zero-order valence-electron chi connectivity index (χ0n) is 7.95. The van der Waals surface area contributed by atoms with Crippen molar-refractivity contribution in [3.8, 4) is 0 Å². The van der Waals surface area contributed by atoms with Crippen LogP contribution in [0.25, 0.3) is 0 Å². The molecule has 1 amide bonds. The Morgan fingerprint density at radius 3 is 2.93 bits per heavy atom. The number of hydrogen-bond donors (Lipinski definition) is 3. The molecule has 1 aromatic heterocycles. The van der Waals surface area contributed by atoms with Crippen LogP contribution in [0.5, 0.6) is 0 Å². The lowest BCUT2D eigenvalue weighted by molar-refractivity contribution is 0.0560. The molecule has 0 saturated heterocycles. The van der Waals surface area contributed by atoms with Gasteiger partial charge in [0.25, 0.3) is 5.91 Å². The van der Waals surface area contributed by atoms with Gasteiger partial charge < -0.3 is 10.4 Å². The molecule has 1 aromatic rings. The summed E-state index contributed by atoms with van der Waals surface area (Å²) in [4.78, 5) is 11.6. The molecule has 5 heteroatoms. The number of hydrogen-bond acceptors (Lipinski definition) is 3. The number of aromatic nitrogens is 2. The molecule has 0 atom stereocenters. The van der Waals surface area contributed by atoms with Crippen molar-refractivity contribution in [3.63, 3.8) is 0 Å². The van der Waals surface area contributed by atoms with Crippen molar-refractivity contribution in [2.75, 3.05) is 0 Å². The number of aliphatic hydroxyl groups is 1. The minimum Gasteiger partial charge on any atom is -0.393 e. The third-order valence-electron chi connectivity index (χ3n) is 2.50. The summed E-state index contributed by atoms with van der Waals surface area (Å²) in [6.45, 7) is 1.83. The maximum atomic E-state index is 11.6. The Hall–Kier alpha value is -1.36. The van der Waals surface area contributed by atoms with Crippen LogP contribution in [-0.2, 0) is 0 Å². The van der Waals surface area contributed by atoms with Gasteiger partial charge in [-0.05, 0) is 25.3 Å². The predicted octanol–water partition coefficient (Wildman–Crippen LogP) is -0.0288. The van der Waals surface area contributed by atoms with E-state index in [1.54, 1.807) is 6.20 Å². The second kappa shape index (κ2) is 3.42. The molecule has 0 aliphatic heterocycles. The van der Waals surface area contributed by atoms with E-state index in [9.17, 15) is 4.79 Å². The van der Waals surface area contributed by atoms with Crippen molar-refractivity contribution in [1.29, 1.82) is 0 Å². The quantitative estimate of drug-likeness (QED) is 0.620. The highest BCUT2D eigenvalue weighted by Crippen LogP contribution is 2.19. The first-order chi connectivity index (χ1) is 6.66. The van der Waals surface area contributed by atoms with Gasteiger partial charge in [-0.1, -0.05) is 0 Å². The largest absolute Gasteiger partial charge is 0.393 e. The molecule has 14 heavy (non-hydrogen) atoms. The third-order valence-corrected chi connectivity index (χ3v) is 2.50. The van der Waals surface area contributed by atoms with Crippen molar-refractivity contribution >= 4 is 5.91 Å². The third kappa shape index (κ3) is 1.63. The number of aryl methyl sites for hydroxylation is 1. The topological polar surface area (TPSA) is 78.0 Å². The lowest BCUT2D eigenvalue weighted by atomic mass is 9.89. The minimum atomic E-state index is -0.247. The van der Waals surface area contributed by atoms with E-state index in [1.807, 2.05) is 6.92 Å². The number of carbonyl (C=O) groups excluding carboxylic acids is 1. The van der Waals surface area contributed by atoms with Gasteiger partial charge in [0.15, 0.2) is 0 Å². The second-order valence-electron chi connectivity index (χ2n) is 3.72. The van der Waals surface area contributed by atoms with Gasteiger partial charge in [-0.25, -0.2) is 0 Å². The standard InChI is InChI=1S/C9H13N3O2/c1-5-4-10-12-8(5)9(14)11-6-2-7(13)3-6/h4,6-7,13H,2-3H2,1H3,(H,10,12)(H,11,14). The van der Waals surface area contributed by atoms with Crippen LogP contribution in [0.3, 0.4) is 0 Å². The average Bonchev–Trinajstić information content (AvgIpc) is 2.48. The number of carbonyl (C=O) groups is 1.